The summed E-state index contributed by atoms with van der Waals surface area (Å²) in [5, 5.41) is 1.76. The summed E-state index contributed by atoms with van der Waals surface area (Å²) in [4.78, 5) is 15.8. The number of nitrogens with one attached hydrogen (secondary N) is 1. The van der Waals surface area contributed by atoms with E-state index in [9.17, 15) is 4.79 Å². The van der Waals surface area contributed by atoms with Crippen molar-refractivity contribution in [2.75, 3.05) is 18.7 Å². The van der Waals surface area contributed by atoms with E-state index in [-0.39, 0.29) is 0 Å². The topological polar surface area (TPSA) is 54.5 Å². The lowest BCUT2D eigenvalue weighted by Crippen LogP contribution is -2.30. The van der Waals surface area contributed by atoms with Crippen LogP contribution in [0.5, 0.6) is 0 Å². The first kappa shape index (κ1) is 10.6. The smallest absolute Gasteiger partial charge is 0.358 e. The summed E-state index contributed by atoms with van der Waals surface area (Å²) >= 11 is 0. The minimum absolute atomic E-state index is 0.321. The number of ether oxygens (including phenoxy) is 1. The van der Waals surface area contributed by atoms with Gasteiger partial charge in [-0.05, 0) is 19.1 Å². The van der Waals surface area contributed by atoms with Crippen molar-refractivity contribution in [3.8, 4) is 0 Å². The van der Waals surface area contributed by atoms with Crippen LogP contribution in [0, 0.1) is 6.92 Å². The lowest BCUT2D eigenvalue weighted by Gasteiger charge is -2.18. The second-order valence-electron chi connectivity index (χ2n) is 3.43. The Hall–Kier alpha value is -1.88. The molecule has 0 bridgehead atoms. The first-order valence-corrected chi connectivity index (χ1v) is 4.97. The Morgan fingerprint density at radius 3 is 3.00 bits per heavy atom. The molecule has 0 aromatic carbocycles. The van der Waals surface area contributed by atoms with E-state index in [1.54, 1.807) is 5.01 Å². The summed E-state index contributed by atoms with van der Waals surface area (Å²) in [5.41, 5.74) is 4.89. The highest BCUT2D eigenvalue weighted by atomic mass is 16.5. The minimum Gasteiger partial charge on any atom is -0.464 e. The largest absolute Gasteiger partial charge is 0.464 e. The van der Waals surface area contributed by atoms with Crippen molar-refractivity contribution in [1.82, 2.24) is 10.4 Å². The number of anilines is 1. The van der Waals surface area contributed by atoms with Gasteiger partial charge >= 0.3 is 5.97 Å². The quantitative estimate of drug-likeness (QED) is 0.752. The highest BCUT2D eigenvalue weighted by Gasteiger charge is 2.19. The van der Waals surface area contributed by atoms with Gasteiger partial charge in [0.2, 0.25) is 0 Å². The molecule has 1 aromatic rings. The number of pyridine rings is 1. The van der Waals surface area contributed by atoms with Crippen LogP contribution in [-0.4, -0.2) is 24.6 Å². The average Bonchev–Trinajstić information content (AvgIpc) is 2.81. The number of nitrogens with zero attached hydrogens (tertiary/aromatic N) is 2. The van der Waals surface area contributed by atoms with Gasteiger partial charge in [0.25, 0.3) is 0 Å². The van der Waals surface area contributed by atoms with Crippen molar-refractivity contribution in [1.29, 1.82) is 0 Å². The van der Waals surface area contributed by atoms with E-state index in [2.05, 4.69) is 10.4 Å². The lowest BCUT2D eigenvalue weighted by molar-refractivity contribution is 0.0594. The highest BCUT2D eigenvalue weighted by Crippen LogP contribution is 2.20. The summed E-state index contributed by atoms with van der Waals surface area (Å²) < 4.78 is 4.71. The van der Waals surface area contributed by atoms with E-state index >= 15 is 0 Å². The summed E-state index contributed by atoms with van der Waals surface area (Å²) in [5.74, 6) is -0.430. The van der Waals surface area contributed by atoms with E-state index in [0.717, 1.165) is 12.2 Å². The number of esters is 1. The van der Waals surface area contributed by atoms with Crippen molar-refractivity contribution in [2.45, 2.75) is 6.92 Å². The summed E-state index contributed by atoms with van der Waals surface area (Å²) in [6, 6.07) is 3.70. The number of carbonyl (C=O) groups is 1. The second-order valence-corrected chi connectivity index (χ2v) is 3.43. The molecule has 0 spiro atoms. The Labute approximate surface area is 93.7 Å². The normalized spacial score (nSPS) is 14.2. The van der Waals surface area contributed by atoms with Crippen LogP contribution < -0.4 is 10.4 Å². The molecule has 5 nitrogen and oxygen atoms in total. The van der Waals surface area contributed by atoms with Crippen molar-refractivity contribution in [3.63, 3.8) is 0 Å². The SMILES string of the molecule is COC(=O)c1nc(C)ccc1N1C=CCN1. The number of rotatable bonds is 2. The summed E-state index contributed by atoms with van der Waals surface area (Å²) in [6.45, 7) is 2.58. The molecule has 0 fully saturated rings. The number of hydrazine groups is 1. The maximum Gasteiger partial charge on any atom is 0.358 e. The first-order valence-electron chi connectivity index (χ1n) is 4.97. The van der Waals surface area contributed by atoms with Gasteiger partial charge in [0.1, 0.15) is 0 Å². The molecular formula is C11H13N3O2. The van der Waals surface area contributed by atoms with E-state index < -0.39 is 5.97 Å². The molecule has 1 aliphatic heterocycles. The Morgan fingerprint density at radius 1 is 1.56 bits per heavy atom. The number of hydrogen-bond donors (Lipinski definition) is 1. The van der Waals surface area contributed by atoms with Gasteiger partial charge in [-0.2, -0.15) is 0 Å². The number of aryl methyl sites for hydroxylation is 1. The molecule has 0 amide bonds. The van der Waals surface area contributed by atoms with Crippen LogP contribution in [0.3, 0.4) is 0 Å². The lowest BCUT2D eigenvalue weighted by atomic mass is 10.2. The van der Waals surface area contributed by atoms with E-state index in [1.807, 2.05) is 31.3 Å². The zero-order valence-corrected chi connectivity index (χ0v) is 9.23. The molecule has 84 valence electrons. The highest BCUT2D eigenvalue weighted by molar-refractivity contribution is 5.93. The molecule has 1 aliphatic rings. The van der Waals surface area contributed by atoms with Gasteiger partial charge in [0, 0.05) is 18.4 Å². The molecular weight excluding hydrogens is 206 g/mol. The Balaban J connectivity index is 2.43. The van der Waals surface area contributed by atoms with E-state index in [4.69, 9.17) is 4.74 Å². The standard InChI is InChI=1S/C11H13N3O2/c1-8-4-5-9(14-7-3-6-12-14)10(13-8)11(15)16-2/h3-5,7,12H,6H2,1-2H3. The summed E-state index contributed by atoms with van der Waals surface area (Å²) in [7, 11) is 1.35. The summed E-state index contributed by atoms with van der Waals surface area (Å²) in [6.07, 6.45) is 3.82. The average molecular weight is 219 g/mol. The van der Waals surface area contributed by atoms with Gasteiger partial charge in [-0.25, -0.2) is 15.2 Å². The number of carbonyl (C=O) groups excluding carboxylic acids is 1. The molecule has 0 saturated carbocycles. The maximum absolute atomic E-state index is 11.6. The van der Waals surface area contributed by atoms with Crippen LogP contribution in [0.15, 0.2) is 24.4 Å². The van der Waals surface area contributed by atoms with Crippen molar-refractivity contribution in [2.24, 2.45) is 0 Å². The fraction of sp³-hybridized carbons (Fsp3) is 0.273. The number of aromatic nitrogens is 1. The number of methoxy groups -OCH3 is 1. The predicted molar refractivity (Wildman–Crippen MR) is 59.9 cm³/mol. The van der Waals surface area contributed by atoms with Gasteiger partial charge in [-0.15, -0.1) is 0 Å². The Bertz CT molecular complexity index is 443. The molecule has 0 radical (unpaired) electrons. The van der Waals surface area contributed by atoms with Gasteiger partial charge < -0.3 is 4.74 Å². The molecule has 0 aliphatic carbocycles. The van der Waals surface area contributed by atoms with Crippen LogP contribution >= 0.6 is 0 Å². The molecule has 1 N–H and O–H groups in total. The third-order valence-electron chi connectivity index (χ3n) is 2.29. The predicted octanol–water partition coefficient (Wildman–Crippen LogP) is 1.01. The fourth-order valence-electron chi connectivity index (χ4n) is 1.52. The monoisotopic (exact) mass is 219 g/mol. The zero-order valence-electron chi connectivity index (χ0n) is 9.23. The Morgan fingerprint density at radius 2 is 2.38 bits per heavy atom. The third kappa shape index (κ3) is 1.90. The van der Waals surface area contributed by atoms with E-state index in [1.165, 1.54) is 7.11 Å². The van der Waals surface area contributed by atoms with Crippen molar-refractivity contribution in [3.05, 3.63) is 35.8 Å². The van der Waals surface area contributed by atoms with Gasteiger partial charge in [-0.3, -0.25) is 5.01 Å². The molecule has 5 heteroatoms. The van der Waals surface area contributed by atoms with Crippen LogP contribution in [0.4, 0.5) is 5.69 Å². The molecule has 1 aromatic heterocycles. The maximum atomic E-state index is 11.6. The third-order valence-corrected chi connectivity index (χ3v) is 2.29. The van der Waals surface area contributed by atoms with Crippen LogP contribution in [-0.2, 0) is 4.74 Å². The fourth-order valence-corrected chi connectivity index (χ4v) is 1.52. The van der Waals surface area contributed by atoms with Crippen LogP contribution in [0.25, 0.3) is 0 Å². The molecule has 0 unspecified atom stereocenters. The molecule has 2 rings (SSSR count). The molecule has 2 heterocycles. The van der Waals surface area contributed by atoms with Gasteiger partial charge in [0.15, 0.2) is 5.69 Å². The van der Waals surface area contributed by atoms with E-state index in [0.29, 0.717) is 11.4 Å². The Kier molecular flexibility index (Phi) is 2.87. The van der Waals surface area contributed by atoms with Crippen molar-refractivity contribution >= 4 is 11.7 Å². The van der Waals surface area contributed by atoms with Gasteiger partial charge in [0.05, 0.1) is 12.8 Å². The van der Waals surface area contributed by atoms with Crippen LogP contribution in [0.2, 0.25) is 0 Å². The first-order chi connectivity index (χ1) is 7.72. The molecule has 0 atom stereocenters. The molecule has 0 saturated heterocycles. The second kappa shape index (κ2) is 4.32. The van der Waals surface area contributed by atoms with Crippen molar-refractivity contribution < 1.29 is 9.53 Å². The minimum atomic E-state index is -0.430. The zero-order chi connectivity index (χ0) is 11.5. The van der Waals surface area contributed by atoms with Gasteiger partial charge in [-0.1, -0.05) is 6.08 Å². The number of hydrogen-bond acceptors (Lipinski definition) is 5. The van der Waals surface area contributed by atoms with Crippen LogP contribution in [0.1, 0.15) is 16.2 Å². The molecule has 16 heavy (non-hydrogen) atoms.